The van der Waals surface area contributed by atoms with Crippen LogP contribution in [0.25, 0.3) is 0 Å². The van der Waals surface area contributed by atoms with Gasteiger partial charge in [-0.3, -0.25) is 4.79 Å². The van der Waals surface area contributed by atoms with Crippen LogP contribution in [-0.2, 0) is 17.9 Å². The van der Waals surface area contributed by atoms with Gasteiger partial charge in [0.1, 0.15) is 6.42 Å². The van der Waals surface area contributed by atoms with Crippen molar-refractivity contribution >= 4 is 5.91 Å². The summed E-state index contributed by atoms with van der Waals surface area (Å²) in [5.41, 5.74) is 1.14. The minimum absolute atomic E-state index is 0.107. The number of nitrogens with zero attached hydrogens (tertiary/aromatic N) is 2. The van der Waals surface area contributed by atoms with Gasteiger partial charge >= 0.3 is 0 Å². The number of rotatable bonds is 5. The van der Waals surface area contributed by atoms with Gasteiger partial charge < -0.3 is 25.3 Å². The predicted octanol–water partition coefficient (Wildman–Crippen LogP) is 1.95. The van der Waals surface area contributed by atoms with Gasteiger partial charge in [0.25, 0.3) is 0 Å². The van der Waals surface area contributed by atoms with Gasteiger partial charge in [0.05, 0.1) is 6.07 Å². The summed E-state index contributed by atoms with van der Waals surface area (Å²) in [5, 5.41) is 46.5. The van der Waals surface area contributed by atoms with Gasteiger partial charge in [0.2, 0.25) is 5.91 Å². The third kappa shape index (κ3) is 4.08. The Bertz CT molecular complexity index is 745. The largest absolute Gasteiger partial charge is 0.504 e. The lowest BCUT2D eigenvalue weighted by molar-refractivity contribution is -0.131. The molecular weight excluding hydrogens is 312 g/mol. The Morgan fingerprint density at radius 2 is 1.33 bits per heavy atom. The second kappa shape index (κ2) is 7.24. The number of benzene rings is 2. The van der Waals surface area contributed by atoms with E-state index in [-0.39, 0.29) is 42.5 Å². The van der Waals surface area contributed by atoms with Gasteiger partial charge in [-0.2, -0.15) is 5.26 Å². The molecule has 0 saturated carbocycles. The summed E-state index contributed by atoms with van der Waals surface area (Å²) in [7, 11) is 0. The third-order valence-electron chi connectivity index (χ3n) is 3.41. The summed E-state index contributed by atoms with van der Waals surface area (Å²) in [6.07, 6.45) is -0.311. The summed E-state index contributed by atoms with van der Waals surface area (Å²) in [6.45, 7) is 0.214. The zero-order valence-electron chi connectivity index (χ0n) is 12.7. The fourth-order valence-corrected chi connectivity index (χ4v) is 2.19. The Labute approximate surface area is 138 Å². The minimum atomic E-state index is -0.419. The van der Waals surface area contributed by atoms with Crippen molar-refractivity contribution in [2.24, 2.45) is 0 Å². The molecule has 0 bridgehead atoms. The fourth-order valence-electron chi connectivity index (χ4n) is 2.19. The molecule has 0 fully saturated rings. The van der Waals surface area contributed by atoms with E-state index in [0.29, 0.717) is 11.1 Å². The number of aromatic hydroxyl groups is 4. The second-order valence-electron chi connectivity index (χ2n) is 5.23. The summed E-state index contributed by atoms with van der Waals surface area (Å²) < 4.78 is 0. The predicted molar refractivity (Wildman–Crippen MR) is 84.0 cm³/mol. The monoisotopic (exact) mass is 328 g/mol. The number of amides is 1. The van der Waals surface area contributed by atoms with Crippen LogP contribution in [0.3, 0.4) is 0 Å². The van der Waals surface area contributed by atoms with Crippen molar-refractivity contribution in [2.45, 2.75) is 19.5 Å². The molecule has 0 saturated heterocycles. The molecule has 124 valence electrons. The van der Waals surface area contributed by atoms with Crippen molar-refractivity contribution in [2.75, 3.05) is 0 Å². The van der Waals surface area contributed by atoms with Crippen LogP contribution >= 0.6 is 0 Å². The van der Waals surface area contributed by atoms with Gasteiger partial charge in [-0.15, -0.1) is 0 Å². The molecule has 0 heterocycles. The van der Waals surface area contributed by atoms with Crippen LogP contribution in [0.15, 0.2) is 36.4 Å². The molecule has 4 N–H and O–H groups in total. The summed E-state index contributed by atoms with van der Waals surface area (Å²) >= 11 is 0. The van der Waals surface area contributed by atoms with Crippen molar-refractivity contribution in [3.63, 3.8) is 0 Å². The van der Waals surface area contributed by atoms with Crippen LogP contribution in [0.5, 0.6) is 23.0 Å². The summed E-state index contributed by atoms with van der Waals surface area (Å²) in [5.74, 6) is -1.56. The van der Waals surface area contributed by atoms with Crippen LogP contribution in [-0.4, -0.2) is 31.2 Å². The molecule has 24 heavy (non-hydrogen) atoms. The molecule has 0 radical (unpaired) electrons. The van der Waals surface area contributed by atoms with E-state index in [1.165, 1.54) is 29.2 Å². The van der Waals surface area contributed by atoms with E-state index in [1.807, 2.05) is 0 Å². The first-order valence-electron chi connectivity index (χ1n) is 7.07. The van der Waals surface area contributed by atoms with Crippen LogP contribution in [0, 0.1) is 11.3 Å². The van der Waals surface area contributed by atoms with Crippen molar-refractivity contribution in [1.82, 2.24) is 4.90 Å². The third-order valence-corrected chi connectivity index (χ3v) is 3.41. The molecule has 2 aromatic carbocycles. The molecule has 0 atom stereocenters. The van der Waals surface area contributed by atoms with E-state index < -0.39 is 5.91 Å². The number of phenols is 4. The summed E-state index contributed by atoms with van der Waals surface area (Å²) in [4.78, 5) is 13.5. The average Bonchev–Trinajstić information content (AvgIpc) is 2.54. The highest BCUT2D eigenvalue weighted by molar-refractivity contribution is 5.78. The van der Waals surface area contributed by atoms with Crippen molar-refractivity contribution < 1.29 is 25.2 Å². The molecule has 0 aliphatic heterocycles. The topological polar surface area (TPSA) is 125 Å². The molecule has 0 aliphatic rings. The molecule has 0 unspecified atom stereocenters. The van der Waals surface area contributed by atoms with Gasteiger partial charge in [-0.05, 0) is 35.4 Å². The molecule has 1 amide bonds. The highest BCUT2D eigenvalue weighted by Gasteiger charge is 2.16. The first kappa shape index (κ1) is 17.0. The lowest BCUT2D eigenvalue weighted by Gasteiger charge is -2.22. The average molecular weight is 328 g/mol. The maximum Gasteiger partial charge on any atom is 0.237 e. The van der Waals surface area contributed by atoms with E-state index in [2.05, 4.69) is 0 Å². The molecular formula is C17H16N2O5. The fraction of sp³-hybridized carbons (Fsp3) is 0.176. The highest BCUT2D eigenvalue weighted by atomic mass is 16.3. The molecule has 0 aliphatic carbocycles. The number of hydrogen-bond acceptors (Lipinski definition) is 6. The Balaban J connectivity index is 2.23. The molecule has 7 heteroatoms. The van der Waals surface area contributed by atoms with Crippen molar-refractivity contribution in [3.05, 3.63) is 47.5 Å². The number of phenolic OH excluding ortho intramolecular Hbond substituents is 4. The maximum absolute atomic E-state index is 12.1. The van der Waals surface area contributed by atoms with E-state index in [0.717, 1.165) is 0 Å². The van der Waals surface area contributed by atoms with E-state index in [9.17, 15) is 25.2 Å². The van der Waals surface area contributed by atoms with Crippen LogP contribution in [0.4, 0.5) is 0 Å². The van der Waals surface area contributed by atoms with Crippen LogP contribution in [0.1, 0.15) is 17.5 Å². The number of nitriles is 1. The Morgan fingerprint density at radius 1 is 0.875 bits per heavy atom. The molecule has 0 aromatic heterocycles. The van der Waals surface area contributed by atoms with E-state index in [1.54, 1.807) is 18.2 Å². The Kier molecular flexibility index (Phi) is 5.12. The van der Waals surface area contributed by atoms with E-state index in [4.69, 9.17) is 5.26 Å². The van der Waals surface area contributed by atoms with Gasteiger partial charge in [0.15, 0.2) is 23.0 Å². The summed E-state index contributed by atoms with van der Waals surface area (Å²) in [6, 6.07) is 10.2. The lowest BCUT2D eigenvalue weighted by Crippen LogP contribution is -2.29. The Hall–Kier alpha value is -3.40. The maximum atomic E-state index is 12.1. The molecule has 2 aromatic rings. The van der Waals surface area contributed by atoms with Gasteiger partial charge in [0, 0.05) is 13.1 Å². The number of carbonyl (C=O) groups is 1. The zero-order chi connectivity index (χ0) is 17.7. The SMILES string of the molecule is N#CCC(=O)N(Cc1ccc(O)c(O)c1)Cc1ccc(O)c(O)c1. The number of hydrogen-bond donors (Lipinski definition) is 4. The minimum Gasteiger partial charge on any atom is -0.504 e. The first-order valence-corrected chi connectivity index (χ1v) is 7.07. The highest BCUT2D eigenvalue weighted by Crippen LogP contribution is 2.27. The Morgan fingerprint density at radius 3 is 1.71 bits per heavy atom. The molecule has 0 spiro atoms. The van der Waals surface area contributed by atoms with E-state index >= 15 is 0 Å². The normalized spacial score (nSPS) is 10.1. The first-order chi connectivity index (χ1) is 11.4. The standard InChI is InChI=1S/C17H16N2O5/c18-6-5-17(24)19(9-11-1-3-13(20)15(22)7-11)10-12-2-4-14(21)16(23)8-12/h1-4,7-8,20-23H,5,9-10H2. The van der Waals surface area contributed by atoms with Crippen molar-refractivity contribution in [3.8, 4) is 29.1 Å². The van der Waals surface area contributed by atoms with Gasteiger partial charge in [-0.25, -0.2) is 0 Å². The molecule has 2 rings (SSSR count). The quantitative estimate of drug-likeness (QED) is 0.622. The molecule has 7 nitrogen and oxygen atoms in total. The lowest BCUT2D eigenvalue weighted by atomic mass is 10.1. The zero-order valence-corrected chi connectivity index (χ0v) is 12.7. The van der Waals surface area contributed by atoms with Gasteiger partial charge in [-0.1, -0.05) is 12.1 Å². The second-order valence-corrected chi connectivity index (χ2v) is 5.23. The number of carbonyl (C=O) groups excluding carboxylic acids is 1. The smallest absolute Gasteiger partial charge is 0.237 e. The van der Waals surface area contributed by atoms with Crippen LogP contribution in [0.2, 0.25) is 0 Å². The van der Waals surface area contributed by atoms with Crippen molar-refractivity contribution in [1.29, 1.82) is 5.26 Å². The van der Waals surface area contributed by atoms with Crippen LogP contribution < -0.4 is 0 Å².